The summed E-state index contributed by atoms with van der Waals surface area (Å²) in [5.41, 5.74) is 4.96. The molecule has 1 saturated heterocycles. The third kappa shape index (κ3) is 3.79. The number of hydrogen-bond donors (Lipinski definition) is 1. The van der Waals surface area contributed by atoms with Gasteiger partial charge in [0.15, 0.2) is 11.5 Å². The molecule has 0 saturated carbocycles. The van der Waals surface area contributed by atoms with Crippen LogP contribution in [0.25, 0.3) is 0 Å². The van der Waals surface area contributed by atoms with Gasteiger partial charge in [0.05, 0.1) is 26.5 Å². The number of rotatable bonds is 4. The minimum Gasteiger partial charge on any atom is -0.493 e. The molecule has 2 aromatic rings. The number of nitrogens with one attached hydrogen (secondary N) is 1. The number of methoxy groups -OCH3 is 2. The van der Waals surface area contributed by atoms with Gasteiger partial charge in [-0.05, 0) is 49.1 Å². The Morgan fingerprint density at radius 3 is 2.30 bits per heavy atom. The first-order valence-corrected chi connectivity index (χ1v) is 10.3. The molecular weight excluding hydrogens is 380 g/mol. The van der Waals surface area contributed by atoms with E-state index >= 15 is 0 Å². The Kier molecular flexibility index (Phi) is 5.79. The van der Waals surface area contributed by atoms with Crippen LogP contribution in [0.5, 0.6) is 11.5 Å². The molecule has 2 aliphatic rings. The summed E-state index contributed by atoms with van der Waals surface area (Å²) in [6.45, 7) is 2.69. The van der Waals surface area contributed by atoms with Crippen molar-refractivity contribution in [3.63, 3.8) is 0 Å². The second-order valence-corrected chi connectivity index (χ2v) is 7.48. The predicted octanol–water partition coefficient (Wildman–Crippen LogP) is 3.25. The van der Waals surface area contributed by atoms with Crippen LogP contribution in [0.1, 0.15) is 29.5 Å². The lowest BCUT2D eigenvalue weighted by Gasteiger charge is -2.19. The van der Waals surface area contributed by atoms with E-state index in [0.717, 1.165) is 35.5 Å². The van der Waals surface area contributed by atoms with Crippen molar-refractivity contribution in [1.82, 2.24) is 10.3 Å². The maximum Gasteiger partial charge on any atom is 0.337 e. The average Bonchev–Trinajstić information content (AvgIpc) is 3.27. The number of carbonyl (C=O) groups is 1. The van der Waals surface area contributed by atoms with Crippen LogP contribution in [0, 0.1) is 0 Å². The van der Waals surface area contributed by atoms with Crippen LogP contribution in [0.4, 0.5) is 10.5 Å². The van der Waals surface area contributed by atoms with E-state index in [0.29, 0.717) is 24.5 Å². The zero-order chi connectivity index (χ0) is 21.1. The van der Waals surface area contributed by atoms with Gasteiger partial charge in [-0.25, -0.2) is 9.80 Å². The van der Waals surface area contributed by atoms with E-state index in [1.165, 1.54) is 23.5 Å². The maximum absolute atomic E-state index is 12.4. The van der Waals surface area contributed by atoms with Crippen molar-refractivity contribution in [3.05, 3.63) is 53.1 Å². The van der Waals surface area contributed by atoms with E-state index in [9.17, 15) is 4.79 Å². The molecule has 2 aliphatic heterocycles. The summed E-state index contributed by atoms with van der Waals surface area (Å²) >= 11 is 0. The van der Waals surface area contributed by atoms with Crippen LogP contribution in [-0.4, -0.2) is 57.7 Å². The molecule has 0 unspecified atom stereocenters. The molecule has 0 spiro atoms. The lowest BCUT2D eigenvalue weighted by Crippen LogP contribution is -2.35. The van der Waals surface area contributed by atoms with Gasteiger partial charge in [-0.2, -0.15) is 5.10 Å². The van der Waals surface area contributed by atoms with Crippen LogP contribution < -0.4 is 19.7 Å². The van der Waals surface area contributed by atoms with Crippen molar-refractivity contribution in [2.24, 2.45) is 5.10 Å². The van der Waals surface area contributed by atoms with Gasteiger partial charge in [-0.15, -0.1) is 0 Å². The van der Waals surface area contributed by atoms with E-state index in [2.05, 4.69) is 34.5 Å². The summed E-state index contributed by atoms with van der Waals surface area (Å²) in [5, 5.41) is 8.91. The first kappa shape index (κ1) is 20.1. The largest absolute Gasteiger partial charge is 0.493 e. The summed E-state index contributed by atoms with van der Waals surface area (Å²) in [6, 6.07) is 12.1. The van der Waals surface area contributed by atoms with Crippen molar-refractivity contribution >= 4 is 17.4 Å². The molecule has 2 heterocycles. The Morgan fingerprint density at radius 1 is 1.00 bits per heavy atom. The van der Waals surface area contributed by atoms with Crippen molar-refractivity contribution in [3.8, 4) is 11.5 Å². The fourth-order valence-corrected chi connectivity index (χ4v) is 4.09. The number of hydrazone groups is 1. The summed E-state index contributed by atoms with van der Waals surface area (Å²) in [4.78, 5) is 14.8. The van der Waals surface area contributed by atoms with Gasteiger partial charge in [0.1, 0.15) is 0 Å². The molecule has 2 amide bonds. The third-order valence-corrected chi connectivity index (χ3v) is 5.74. The van der Waals surface area contributed by atoms with Gasteiger partial charge in [-0.3, -0.25) is 0 Å². The molecular formula is C23H28N4O3. The van der Waals surface area contributed by atoms with Gasteiger partial charge >= 0.3 is 6.03 Å². The van der Waals surface area contributed by atoms with E-state index in [1.807, 2.05) is 12.1 Å². The Morgan fingerprint density at radius 2 is 1.67 bits per heavy atom. The highest BCUT2D eigenvalue weighted by Gasteiger charge is 2.24. The van der Waals surface area contributed by atoms with Crippen LogP contribution in [-0.2, 0) is 6.42 Å². The Bertz CT molecular complexity index is 950. The molecule has 7 heteroatoms. The van der Waals surface area contributed by atoms with Crippen LogP contribution in [0.2, 0.25) is 0 Å². The minimum atomic E-state index is -0.229. The van der Waals surface area contributed by atoms with Gasteiger partial charge in [0.2, 0.25) is 0 Å². The molecule has 0 aromatic heterocycles. The monoisotopic (exact) mass is 408 g/mol. The number of amides is 2. The lowest BCUT2D eigenvalue weighted by molar-refractivity contribution is 0.203. The number of fused-ring (bicyclic) bond motifs is 1. The van der Waals surface area contributed by atoms with Crippen molar-refractivity contribution in [2.75, 3.05) is 45.8 Å². The third-order valence-electron chi connectivity index (χ3n) is 5.74. The fourth-order valence-electron chi connectivity index (χ4n) is 4.09. The molecule has 0 aliphatic carbocycles. The number of anilines is 1. The molecule has 0 bridgehead atoms. The Labute approximate surface area is 177 Å². The highest BCUT2D eigenvalue weighted by molar-refractivity contribution is 6.14. The maximum atomic E-state index is 12.4. The quantitative estimate of drug-likeness (QED) is 0.843. The van der Waals surface area contributed by atoms with Gasteiger partial charge in [0, 0.05) is 37.0 Å². The molecule has 7 nitrogen and oxygen atoms in total. The predicted molar refractivity (Wildman–Crippen MR) is 118 cm³/mol. The SMILES string of the molecule is CNC(=O)N1CCc2cc(OC)c(OC)cc2C(c2ccc(N3CCCC3)cc2)=N1. The number of urea groups is 1. The molecule has 30 heavy (non-hydrogen) atoms. The molecule has 2 aromatic carbocycles. The molecule has 158 valence electrons. The zero-order valence-electron chi connectivity index (χ0n) is 17.8. The normalized spacial score (nSPS) is 15.9. The highest BCUT2D eigenvalue weighted by Crippen LogP contribution is 2.34. The van der Waals surface area contributed by atoms with Crippen molar-refractivity contribution < 1.29 is 14.3 Å². The van der Waals surface area contributed by atoms with Gasteiger partial charge in [0.25, 0.3) is 0 Å². The Balaban J connectivity index is 1.79. The molecule has 0 atom stereocenters. The highest BCUT2D eigenvalue weighted by atomic mass is 16.5. The standard InChI is InChI=1S/C23H28N4O3/c1-24-23(28)27-13-10-17-14-20(29-2)21(30-3)15-19(17)22(25-27)16-6-8-18(9-7-16)26-11-4-5-12-26/h6-9,14-15H,4-5,10-13H2,1-3H3,(H,24,28). The van der Waals surface area contributed by atoms with E-state index in [-0.39, 0.29) is 6.03 Å². The molecule has 4 rings (SSSR count). The number of ether oxygens (including phenoxy) is 2. The summed E-state index contributed by atoms with van der Waals surface area (Å²) in [6.07, 6.45) is 3.15. The second-order valence-electron chi connectivity index (χ2n) is 7.48. The van der Waals surface area contributed by atoms with Gasteiger partial charge in [-0.1, -0.05) is 12.1 Å². The lowest BCUT2D eigenvalue weighted by atomic mass is 9.95. The van der Waals surface area contributed by atoms with Crippen LogP contribution >= 0.6 is 0 Å². The van der Waals surface area contributed by atoms with Crippen molar-refractivity contribution in [1.29, 1.82) is 0 Å². The molecule has 0 radical (unpaired) electrons. The van der Waals surface area contributed by atoms with Crippen molar-refractivity contribution in [2.45, 2.75) is 19.3 Å². The fraction of sp³-hybridized carbons (Fsp3) is 0.391. The average molecular weight is 409 g/mol. The second kappa shape index (κ2) is 8.65. The smallest absolute Gasteiger partial charge is 0.337 e. The minimum absolute atomic E-state index is 0.229. The van der Waals surface area contributed by atoms with E-state index in [1.54, 1.807) is 21.3 Å². The first-order chi connectivity index (χ1) is 14.6. The number of nitrogens with zero attached hydrogens (tertiary/aromatic N) is 3. The molecule has 1 fully saturated rings. The summed E-state index contributed by atoms with van der Waals surface area (Å²) in [5.74, 6) is 1.32. The van der Waals surface area contributed by atoms with Crippen LogP contribution in [0.15, 0.2) is 41.5 Å². The summed E-state index contributed by atoms with van der Waals surface area (Å²) < 4.78 is 11.0. The Hall–Kier alpha value is -3.22. The van der Waals surface area contributed by atoms with E-state index in [4.69, 9.17) is 14.6 Å². The number of carbonyl (C=O) groups excluding carboxylic acids is 1. The molecule has 1 N–H and O–H groups in total. The number of benzene rings is 2. The van der Waals surface area contributed by atoms with Gasteiger partial charge < -0.3 is 19.7 Å². The number of hydrogen-bond acceptors (Lipinski definition) is 5. The van der Waals surface area contributed by atoms with Crippen LogP contribution in [0.3, 0.4) is 0 Å². The topological polar surface area (TPSA) is 66.4 Å². The first-order valence-electron chi connectivity index (χ1n) is 10.3. The van der Waals surface area contributed by atoms with E-state index < -0.39 is 0 Å². The summed E-state index contributed by atoms with van der Waals surface area (Å²) in [7, 11) is 4.87. The zero-order valence-corrected chi connectivity index (χ0v) is 17.8.